The van der Waals surface area contributed by atoms with Crippen LogP contribution in [0.5, 0.6) is 0 Å². The van der Waals surface area contributed by atoms with Crippen LogP contribution < -0.4 is 0 Å². The third kappa shape index (κ3) is 5.83. The number of hydrogen-bond acceptors (Lipinski definition) is 2. The highest BCUT2D eigenvalue weighted by atomic mass is 35.5. The van der Waals surface area contributed by atoms with Gasteiger partial charge in [-0.1, -0.05) is 36.9 Å². The van der Waals surface area contributed by atoms with E-state index in [-0.39, 0.29) is 16.7 Å². The van der Waals surface area contributed by atoms with E-state index in [0.29, 0.717) is 0 Å². The maximum Gasteiger partial charge on any atom is 0.338 e. The Hall–Kier alpha value is -1.35. The summed E-state index contributed by atoms with van der Waals surface area (Å²) in [5.41, 5.74) is 0.235. The van der Waals surface area contributed by atoms with Gasteiger partial charge in [0.2, 0.25) is 0 Å². The molecule has 0 aromatic heterocycles. The number of benzene rings is 1. The van der Waals surface area contributed by atoms with Gasteiger partial charge in [-0.15, -0.1) is 6.58 Å². The van der Waals surface area contributed by atoms with Crippen molar-refractivity contribution < 1.29 is 13.9 Å². The summed E-state index contributed by atoms with van der Waals surface area (Å²) in [6, 6.07) is 4.08. The van der Waals surface area contributed by atoms with Gasteiger partial charge in [0, 0.05) is 0 Å². The molecule has 0 spiro atoms. The van der Waals surface area contributed by atoms with Crippen LogP contribution in [-0.4, -0.2) is 12.1 Å². The van der Waals surface area contributed by atoms with Crippen LogP contribution >= 0.6 is 11.6 Å². The molecule has 2 aliphatic rings. The van der Waals surface area contributed by atoms with Crippen molar-refractivity contribution >= 4 is 17.6 Å². The Morgan fingerprint density at radius 1 is 1.11 bits per heavy atom. The molecule has 4 heteroatoms. The molecule has 28 heavy (non-hydrogen) atoms. The Kier molecular flexibility index (Phi) is 7.96. The van der Waals surface area contributed by atoms with Gasteiger partial charge >= 0.3 is 5.97 Å². The molecule has 0 atom stereocenters. The molecule has 2 fully saturated rings. The van der Waals surface area contributed by atoms with Crippen molar-refractivity contribution in [2.45, 2.75) is 76.7 Å². The second kappa shape index (κ2) is 10.4. The van der Waals surface area contributed by atoms with Crippen LogP contribution in [-0.2, 0) is 4.74 Å². The lowest BCUT2D eigenvalue weighted by Crippen LogP contribution is -2.29. The summed E-state index contributed by atoms with van der Waals surface area (Å²) in [5, 5.41) is 0.0208. The maximum atomic E-state index is 13.5. The molecule has 0 heterocycles. The molecule has 154 valence electrons. The van der Waals surface area contributed by atoms with E-state index < -0.39 is 11.8 Å². The van der Waals surface area contributed by atoms with Gasteiger partial charge in [0.1, 0.15) is 11.9 Å². The zero-order valence-electron chi connectivity index (χ0n) is 16.7. The largest absolute Gasteiger partial charge is 0.459 e. The summed E-state index contributed by atoms with van der Waals surface area (Å²) < 4.78 is 19.2. The first-order chi connectivity index (χ1) is 13.6. The lowest BCUT2D eigenvalue weighted by atomic mass is 9.70. The zero-order valence-corrected chi connectivity index (χ0v) is 17.4. The van der Waals surface area contributed by atoms with E-state index in [1.54, 1.807) is 0 Å². The van der Waals surface area contributed by atoms with E-state index in [9.17, 15) is 9.18 Å². The second-order valence-electron chi connectivity index (χ2n) is 8.57. The third-order valence-corrected chi connectivity index (χ3v) is 7.03. The molecule has 0 unspecified atom stereocenters. The molecule has 0 radical (unpaired) electrons. The Labute approximate surface area is 173 Å². The lowest BCUT2D eigenvalue weighted by molar-refractivity contribution is 0.0109. The summed E-state index contributed by atoms with van der Waals surface area (Å²) in [7, 11) is 0. The molecular weight excluding hydrogens is 375 g/mol. The Morgan fingerprint density at radius 3 is 2.36 bits per heavy atom. The normalized spacial score (nSPS) is 27.9. The third-order valence-electron chi connectivity index (χ3n) is 6.73. The summed E-state index contributed by atoms with van der Waals surface area (Å²) in [5.74, 6) is 1.50. The number of halogens is 2. The smallest absolute Gasteiger partial charge is 0.338 e. The van der Waals surface area contributed by atoms with E-state index in [2.05, 4.69) is 6.58 Å². The van der Waals surface area contributed by atoms with E-state index in [4.69, 9.17) is 16.3 Å². The van der Waals surface area contributed by atoms with Crippen LogP contribution in [0.4, 0.5) is 4.39 Å². The molecule has 1 aromatic rings. The van der Waals surface area contributed by atoms with Crippen molar-refractivity contribution in [3.8, 4) is 0 Å². The molecule has 1 aromatic carbocycles. The monoisotopic (exact) mass is 406 g/mol. The number of rotatable bonds is 7. The summed E-state index contributed by atoms with van der Waals surface area (Å²) in [6.45, 7) is 3.81. The van der Waals surface area contributed by atoms with Crippen LogP contribution in [0.15, 0.2) is 30.9 Å². The molecule has 0 saturated heterocycles. The van der Waals surface area contributed by atoms with Gasteiger partial charge in [0.15, 0.2) is 0 Å². The fraction of sp³-hybridized carbons (Fsp3) is 0.625. The highest BCUT2D eigenvalue weighted by molar-refractivity contribution is 6.30. The van der Waals surface area contributed by atoms with Crippen molar-refractivity contribution in [1.29, 1.82) is 0 Å². The number of carbonyl (C=O) groups excluding carboxylic acids is 1. The van der Waals surface area contributed by atoms with E-state index in [1.807, 2.05) is 6.08 Å². The van der Waals surface area contributed by atoms with Crippen molar-refractivity contribution in [2.24, 2.45) is 17.8 Å². The molecule has 0 N–H and O–H groups in total. The van der Waals surface area contributed by atoms with Crippen molar-refractivity contribution in [2.75, 3.05) is 0 Å². The molecular formula is C24H32ClFO2. The van der Waals surface area contributed by atoms with E-state index in [1.165, 1.54) is 50.7 Å². The topological polar surface area (TPSA) is 26.3 Å². The molecule has 0 aliphatic heterocycles. The number of unbranched alkanes of at least 4 members (excludes halogenated alkanes) is 1. The van der Waals surface area contributed by atoms with Crippen molar-refractivity contribution in [1.82, 2.24) is 0 Å². The zero-order chi connectivity index (χ0) is 19.9. The summed E-state index contributed by atoms with van der Waals surface area (Å²) >= 11 is 5.68. The first-order valence-corrected chi connectivity index (χ1v) is 11.2. The van der Waals surface area contributed by atoms with Gasteiger partial charge in [0.25, 0.3) is 0 Å². The second-order valence-corrected chi connectivity index (χ2v) is 8.98. The average Bonchev–Trinajstić information content (AvgIpc) is 2.71. The van der Waals surface area contributed by atoms with Gasteiger partial charge in [-0.05, 0) is 87.3 Å². The Morgan fingerprint density at radius 2 is 1.75 bits per heavy atom. The van der Waals surface area contributed by atoms with Gasteiger partial charge in [-0.3, -0.25) is 0 Å². The average molecular weight is 407 g/mol. The predicted octanol–water partition coefficient (Wildman–Crippen LogP) is 7.36. The molecule has 0 bridgehead atoms. The fourth-order valence-corrected chi connectivity index (χ4v) is 5.14. The minimum absolute atomic E-state index is 0.0208. The van der Waals surface area contributed by atoms with Gasteiger partial charge in [-0.25, -0.2) is 9.18 Å². The standard InChI is InChI=1S/C24H32ClFO2/c1-2-3-4-5-17-6-8-18(9-7-17)19-10-13-21(14-11-19)28-24(27)20-12-15-22(25)23(26)16-20/h2,12,15-19,21H,1,3-11,13-14H2/t17-,18-,19-,21-. The highest BCUT2D eigenvalue weighted by Gasteiger charge is 2.32. The lowest BCUT2D eigenvalue weighted by Gasteiger charge is -2.37. The molecule has 3 rings (SSSR count). The molecule has 2 nitrogen and oxygen atoms in total. The minimum Gasteiger partial charge on any atom is -0.459 e. The Balaban J connectivity index is 1.39. The minimum atomic E-state index is -0.583. The number of hydrogen-bond donors (Lipinski definition) is 0. The number of carbonyl (C=O) groups is 1. The Bertz CT molecular complexity index is 659. The van der Waals surface area contributed by atoms with Gasteiger partial charge < -0.3 is 4.74 Å². The fourth-order valence-electron chi connectivity index (χ4n) is 5.02. The van der Waals surface area contributed by atoms with Gasteiger partial charge in [-0.2, -0.15) is 0 Å². The first kappa shape index (κ1) is 21.4. The van der Waals surface area contributed by atoms with Crippen molar-refractivity contribution in [3.63, 3.8) is 0 Å². The van der Waals surface area contributed by atoms with Crippen LogP contribution in [0.3, 0.4) is 0 Å². The van der Waals surface area contributed by atoms with E-state index >= 15 is 0 Å². The SMILES string of the molecule is C=CCCC[C@H]1CC[C@H]([C@H]2CC[C@H](OC(=O)c3ccc(Cl)c(F)c3)CC2)CC1. The summed E-state index contributed by atoms with van der Waals surface area (Å²) in [4.78, 5) is 12.3. The van der Waals surface area contributed by atoms with Crippen LogP contribution in [0.1, 0.15) is 81.0 Å². The summed E-state index contributed by atoms with van der Waals surface area (Å²) in [6.07, 6.45) is 15.4. The maximum absolute atomic E-state index is 13.5. The van der Waals surface area contributed by atoms with E-state index in [0.717, 1.165) is 55.9 Å². The molecule has 2 aliphatic carbocycles. The van der Waals surface area contributed by atoms with Crippen LogP contribution in [0.2, 0.25) is 5.02 Å². The number of ether oxygens (including phenoxy) is 1. The van der Waals surface area contributed by atoms with Crippen LogP contribution in [0.25, 0.3) is 0 Å². The van der Waals surface area contributed by atoms with Crippen LogP contribution in [0, 0.1) is 23.6 Å². The van der Waals surface area contributed by atoms with Crippen molar-refractivity contribution in [3.05, 3.63) is 47.3 Å². The van der Waals surface area contributed by atoms with Gasteiger partial charge in [0.05, 0.1) is 10.6 Å². The molecule has 2 saturated carbocycles. The predicted molar refractivity (Wildman–Crippen MR) is 112 cm³/mol. The number of allylic oxidation sites excluding steroid dienone is 1. The quantitative estimate of drug-likeness (QED) is 0.268. The highest BCUT2D eigenvalue weighted by Crippen LogP contribution is 2.41. The first-order valence-electron chi connectivity index (χ1n) is 10.8. The number of esters is 1. The molecule has 0 amide bonds.